The van der Waals surface area contributed by atoms with E-state index in [0.29, 0.717) is 28.0 Å². The summed E-state index contributed by atoms with van der Waals surface area (Å²) in [4.78, 5) is 8.24. The van der Waals surface area contributed by atoms with Crippen LogP contribution in [0.3, 0.4) is 0 Å². The van der Waals surface area contributed by atoms with Gasteiger partial charge in [-0.15, -0.1) is 6.42 Å². The van der Waals surface area contributed by atoms with Gasteiger partial charge in [0.1, 0.15) is 17.3 Å². The van der Waals surface area contributed by atoms with Gasteiger partial charge in [-0.2, -0.15) is 4.98 Å². The van der Waals surface area contributed by atoms with Crippen LogP contribution in [0.4, 0.5) is 11.8 Å². The molecule has 6 heteroatoms. The SMILES string of the molecule is C#Cc1cc2c(OC3=CC=CCC3)cc3nc(N)nc(N)c3c2o1. The number of rotatable bonds is 2. The van der Waals surface area contributed by atoms with Gasteiger partial charge in [0.15, 0.2) is 11.3 Å². The summed E-state index contributed by atoms with van der Waals surface area (Å²) in [6.45, 7) is 0. The Balaban J connectivity index is 2.00. The van der Waals surface area contributed by atoms with Crippen LogP contribution >= 0.6 is 0 Å². The van der Waals surface area contributed by atoms with Gasteiger partial charge in [-0.25, -0.2) is 4.98 Å². The molecule has 2 aromatic heterocycles. The lowest BCUT2D eigenvalue weighted by Crippen LogP contribution is -2.02. The van der Waals surface area contributed by atoms with Gasteiger partial charge in [-0.05, 0) is 18.4 Å². The zero-order valence-electron chi connectivity index (χ0n) is 12.7. The van der Waals surface area contributed by atoms with Gasteiger partial charge in [0.25, 0.3) is 0 Å². The minimum Gasteiger partial charge on any atom is -0.461 e. The molecule has 0 spiro atoms. The van der Waals surface area contributed by atoms with Crippen molar-refractivity contribution in [1.82, 2.24) is 9.97 Å². The maximum Gasteiger partial charge on any atom is 0.222 e. The third-order valence-corrected chi connectivity index (χ3v) is 3.83. The molecule has 0 bridgehead atoms. The first kappa shape index (κ1) is 14.2. The largest absolute Gasteiger partial charge is 0.461 e. The first-order valence-corrected chi connectivity index (χ1v) is 7.45. The van der Waals surface area contributed by atoms with Crippen molar-refractivity contribution in [2.24, 2.45) is 0 Å². The summed E-state index contributed by atoms with van der Waals surface area (Å²) in [6.07, 6.45) is 13.2. The molecule has 0 fully saturated rings. The number of ether oxygens (including phenoxy) is 1. The van der Waals surface area contributed by atoms with E-state index in [0.717, 1.165) is 24.0 Å². The zero-order valence-corrected chi connectivity index (χ0v) is 12.7. The number of nitrogens with zero attached hydrogens (tertiary/aromatic N) is 2. The topological polar surface area (TPSA) is 100 Å². The second-order valence-corrected chi connectivity index (χ2v) is 5.44. The van der Waals surface area contributed by atoms with E-state index in [2.05, 4.69) is 22.0 Å². The molecule has 4 rings (SSSR count). The Kier molecular flexibility index (Phi) is 3.14. The van der Waals surface area contributed by atoms with E-state index < -0.39 is 0 Å². The highest BCUT2D eigenvalue weighted by molar-refractivity contribution is 6.11. The van der Waals surface area contributed by atoms with Crippen LogP contribution in [0, 0.1) is 12.3 Å². The van der Waals surface area contributed by atoms with E-state index >= 15 is 0 Å². The van der Waals surface area contributed by atoms with Gasteiger partial charge in [0.05, 0.1) is 16.3 Å². The summed E-state index contributed by atoms with van der Waals surface area (Å²) in [6, 6.07) is 3.53. The van der Waals surface area contributed by atoms with Crippen molar-refractivity contribution in [2.45, 2.75) is 12.8 Å². The Hall–Kier alpha value is -3.46. The van der Waals surface area contributed by atoms with Crippen molar-refractivity contribution in [2.75, 3.05) is 11.5 Å². The Morgan fingerprint density at radius 1 is 1.25 bits per heavy atom. The number of benzene rings is 1. The molecule has 2 heterocycles. The number of allylic oxidation sites excluding steroid dienone is 4. The molecule has 3 aromatic rings. The molecule has 0 unspecified atom stereocenters. The van der Waals surface area contributed by atoms with Crippen molar-refractivity contribution >= 4 is 33.6 Å². The van der Waals surface area contributed by atoms with E-state index in [1.165, 1.54) is 0 Å². The van der Waals surface area contributed by atoms with Gasteiger partial charge < -0.3 is 20.6 Å². The fourth-order valence-corrected chi connectivity index (χ4v) is 2.78. The second kappa shape index (κ2) is 5.32. The fourth-order valence-electron chi connectivity index (χ4n) is 2.78. The Morgan fingerprint density at radius 3 is 2.88 bits per heavy atom. The molecule has 0 aliphatic heterocycles. The summed E-state index contributed by atoms with van der Waals surface area (Å²) in [5, 5.41) is 1.30. The second-order valence-electron chi connectivity index (χ2n) is 5.44. The molecule has 0 saturated heterocycles. The Morgan fingerprint density at radius 2 is 2.12 bits per heavy atom. The van der Waals surface area contributed by atoms with Crippen LogP contribution in [0.2, 0.25) is 0 Å². The van der Waals surface area contributed by atoms with E-state index in [4.69, 9.17) is 27.0 Å². The lowest BCUT2D eigenvalue weighted by Gasteiger charge is -2.13. The van der Waals surface area contributed by atoms with E-state index in [1.807, 2.05) is 12.2 Å². The van der Waals surface area contributed by atoms with Crippen LogP contribution in [0.5, 0.6) is 5.75 Å². The van der Waals surface area contributed by atoms with Crippen LogP contribution in [-0.2, 0) is 0 Å². The molecule has 1 aliphatic carbocycles. The van der Waals surface area contributed by atoms with Crippen LogP contribution in [0.25, 0.3) is 21.9 Å². The van der Waals surface area contributed by atoms with Crippen LogP contribution in [0.1, 0.15) is 18.6 Å². The summed E-state index contributed by atoms with van der Waals surface area (Å²) >= 11 is 0. The third kappa shape index (κ3) is 2.23. The fraction of sp³-hybridized carbons (Fsp3) is 0.111. The Bertz CT molecular complexity index is 1070. The number of anilines is 2. The molecule has 0 atom stereocenters. The number of aromatic nitrogens is 2. The summed E-state index contributed by atoms with van der Waals surface area (Å²) in [5.41, 5.74) is 12.8. The molecule has 24 heavy (non-hydrogen) atoms. The standard InChI is InChI=1S/C18H14N4O2/c1-2-10-8-12-14(23-11-6-4-3-5-7-11)9-13-15(16(12)24-10)17(19)22-18(20)21-13/h1,3-4,6,8-9H,5,7H2,(H4,19,20,21,22). The number of terminal acetylenes is 1. The van der Waals surface area contributed by atoms with E-state index in [9.17, 15) is 0 Å². The van der Waals surface area contributed by atoms with Crippen molar-refractivity contribution in [1.29, 1.82) is 0 Å². The molecular formula is C18H14N4O2. The minimum atomic E-state index is 0.0915. The van der Waals surface area contributed by atoms with Crippen LogP contribution in [-0.4, -0.2) is 9.97 Å². The first-order chi connectivity index (χ1) is 11.7. The highest BCUT2D eigenvalue weighted by Gasteiger charge is 2.18. The van der Waals surface area contributed by atoms with Crippen molar-refractivity contribution in [3.05, 3.63) is 41.9 Å². The average Bonchev–Trinajstić information content (AvgIpc) is 2.99. The quantitative estimate of drug-likeness (QED) is 0.704. The van der Waals surface area contributed by atoms with Gasteiger partial charge in [-0.1, -0.05) is 12.2 Å². The first-order valence-electron chi connectivity index (χ1n) is 7.45. The lowest BCUT2D eigenvalue weighted by molar-refractivity contribution is 0.407. The lowest BCUT2D eigenvalue weighted by atomic mass is 10.1. The number of nitrogen functional groups attached to an aromatic ring is 2. The van der Waals surface area contributed by atoms with Gasteiger partial charge in [0.2, 0.25) is 5.95 Å². The van der Waals surface area contributed by atoms with Gasteiger partial charge >= 0.3 is 0 Å². The zero-order chi connectivity index (χ0) is 16.7. The number of hydrogen-bond acceptors (Lipinski definition) is 6. The van der Waals surface area contributed by atoms with Gasteiger partial charge in [-0.3, -0.25) is 0 Å². The van der Waals surface area contributed by atoms with E-state index in [-0.39, 0.29) is 11.8 Å². The monoisotopic (exact) mass is 318 g/mol. The van der Waals surface area contributed by atoms with Crippen LogP contribution < -0.4 is 16.2 Å². The Labute approximate surface area is 137 Å². The molecule has 1 aromatic carbocycles. The summed E-state index contributed by atoms with van der Waals surface area (Å²) in [5.74, 6) is 4.66. The van der Waals surface area contributed by atoms with Crippen LogP contribution in [0.15, 0.2) is 40.5 Å². The molecule has 4 N–H and O–H groups in total. The number of fused-ring (bicyclic) bond motifs is 3. The predicted molar refractivity (Wildman–Crippen MR) is 93.2 cm³/mol. The maximum atomic E-state index is 6.05. The summed E-state index contributed by atoms with van der Waals surface area (Å²) in [7, 11) is 0. The molecule has 6 nitrogen and oxygen atoms in total. The molecule has 118 valence electrons. The normalized spacial score (nSPS) is 13.9. The summed E-state index contributed by atoms with van der Waals surface area (Å²) < 4.78 is 11.8. The smallest absolute Gasteiger partial charge is 0.222 e. The molecule has 0 radical (unpaired) electrons. The maximum absolute atomic E-state index is 6.05. The van der Waals surface area contributed by atoms with Gasteiger partial charge in [0, 0.05) is 18.6 Å². The highest BCUT2D eigenvalue weighted by atomic mass is 16.5. The van der Waals surface area contributed by atoms with E-state index in [1.54, 1.807) is 12.1 Å². The number of hydrogen-bond donors (Lipinski definition) is 2. The predicted octanol–water partition coefficient (Wildman–Crippen LogP) is 3.13. The third-order valence-electron chi connectivity index (χ3n) is 3.83. The van der Waals surface area contributed by atoms with Crippen molar-refractivity contribution < 1.29 is 9.15 Å². The average molecular weight is 318 g/mol. The van der Waals surface area contributed by atoms with Crippen molar-refractivity contribution in [3.63, 3.8) is 0 Å². The number of furan rings is 1. The number of nitrogens with two attached hydrogens (primary N) is 2. The molecule has 1 aliphatic rings. The highest BCUT2D eigenvalue weighted by Crippen LogP contribution is 2.38. The molecule has 0 saturated carbocycles. The molecular weight excluding hydrogens is 304 g/mol. The molecule has 0 amide bonds. The van der Waals surface area contributed by atoms with Crippen molar-refractivity contribution in [3.8, 4) is 18.1 Å². The minimum absolute atomic E-state index is 0.0915.